The fourth-order valence-corrected chi connectivity index (χ4v) is 5.36. The predicted molar refractivity (Wildman–Crippen MR) is 151 cm³/mol. The molecule has 7 nitrogen and oxygen atoms in total. The van der Waals surface area contributed by atoms with Gasteiger partial charge in [-0.15, -0.1) is 0 Å². The van der Waals surface area contributed by atoms with Crippen molar-refractivity contribution in [3.05, 3.63) is 100 Å². The van der Waals surface area contributed by atoms with Crippen LogP contribution >= 0.6 is 23.2 Å². The highest BCUT2D eigenvalue weighted by Gasteiger charge is 2.33. The van der Waals surface area contributed by atoms with Gasteiger partial charge in [-0.3, -0.25) is 9.59 Å². The van der Waals surface area contributed by atoms with E-state index in [9.17, 15) is 18.0 Å². The van der Waals surface area contributed by atoms with Crippen LogP contribution in [0.15, 0.2) is 83.8 Å². The summed E-state index contributed by atoms with van der Waals surface area (Å²) in [5.74, 6) is -0.827. The van der Waals surface area contributed by atoms with E-state index in [1.165, 1.54) is 36.2 Å². The molecule has 0 heterocycles. The Bertz CT molecular complexity index is 1340. The average molecular weight is 577 g/mol. The number of nitrogens with zero attached hydrogens (tertiary/aromatic N) is 2. The average Bonchev–Trinajstić information content (AvgIpc) is 2.90. The number of hydrogen-bond donors (Lipinski definition) is 1. The Kier molecular flexibility index (Phi) is 10.7. The first-order chi connectivity index (χ1) is 18.1. The lowest BCUT2D eigenvalue weighted by Crippen LogP contribution is -2.53. The molecule has 0 aliphatic rings. The Hall–Kier alpha value is -2.91. The van der Waals surface area contributed by atoms with Gasteiger partial charge in [-0.2, -0.15) is 4.31 Å². The lowest BCUT2D eigenvalue weighted by atomic mass is 10.0. The first kappa shape index (κ1) is 29.6. The first-order valence-corrected chi connectivity index (χ1v) is 14.4. The highest BCUT2D eigenvalue weighted by Crippen LogP contribution is 2.20. The smallest absolute Gasteiger partial charge is 0.243 e. The molecule has 3 rings (SSSR count). The second-order valence-corrected chi connectivity index (χ2v) is 11.8. The summed E-state index contributed by atoms with van der Waals surface area (Å²) >= 11 is 12.1. The number of likely N-dealkylation sites (N-methyl/N-ethyl adjacent to an activating group) is 1. The Morgan fingerprint density at radius 2 is 1.55 bits per heavy atom. The largest absolute Gasteiger partial charge is 0.354 e. The Balaban J connectivity index is 1.96. The van der Waals surface area contributed by atoms with Gasteiger partial charge in [0.2, 0.25) is 21.8 Å². The minimum absolute atomic E-state index is 0.0140. The maximum Gasteiger partial charge on any atom is 0.243 e. The summed E-state index contributed by atoms with van der Waals surface area (Å²) in [7, 11) is -2.64. The molecular formula is C28H31Cl2N3O4S. The van der Waals surface area contributed by atoms with Crippen molar-refractivity contribution in [2.24, 2.45) is 0 Å². The highest BCUT2D eigenvalue weighted by molar-refractivity contribution is 7.89. The third-order valence-corrected chi connectivity index (χ3v) is 8.25. The van der Waals surface area contributed by atoms with Crippen LogP contribution in [-0.2, 0) is 32.6 Å². The van der Waals surface area contributed by atoms with Gasteiger partial charge < -0.3 is 10.2 Å². The van der Waals surface area contributed by atoms with Gasteiger partial charge in [0.1, 0.15) is 6.04 Å². The molecular weight excluding hydrogens is 545 g/mol. The van der Waals surface area contributed by atoms with Crippen LogP contribution < -0.4 is 5.32 Å². The summed E-state index contributed by atoms with van der Waals surface area (Å²) in [6.45, 7) is 2.01. The molecule has 0 unspecified atom stereocenters. The molecule has 10 heteroatoms. The van der Waals surface area contributed by atoms with Crippen molar-refractivity contribution in [2.45, 2.75) is 37.2 Å². The van der Waals surface area contributed by atoms with Gasteiger partial charge in [0.15, 0.2) is 0 Å². The number of nitrogens with one attached hydrogen (secondary N) is 1. The zero-order valence-corrected chi connectivity index (χ0v) is 23.6. The maximum absolute atomic E-state index is 13.8. The van der Waals surface area contributed by atoms with E-state index < -0.39 is 28.5 Å². The standard InChI is InChI=1S/C28H31Cl2N3O4S/c1-3-16-31-28(35)26(18-21-8-5-4-6-9-21)33(19-22-10-7-11-24(30)17-22)27(34)20-32(2)38(36,37)25-14-12-23(29)13-15-25/h4-15,17,26H,3,16,18-20H2,1-2H3,(H,31,35)/t26-/m1/s1. The lowest BCUT2D eigenvalue weighted by molar-refractivity contribution is -0.141. The van der Waals surface area contributed by atoms with Crippen molar-refractivity contribution < 1.29 is 18.0 Å². The van der Waals surface area contributed by atoms with E-state index in [0.29, 0.717) is 16.6 Å². The Labute approximate surface area is 234 Å². The van der Waals surface area contributed by atoms with Crippen molar-refractivity contribution in [2.75, 3.05) is 20.1 Å². The number of halogens is 2. The zero-order chi connectivity index (χ0) is 27.7. The molecule has 0 aromatic heterocycles. The molecule has 3 aromatic carbocycles. The van der Waals surface area contributed by atoms with Crippen molar-refractivity contribution in [3.63, 3.8) is 0 Å². The van der Waals surface area contributed by atoms with Crippen LogP contribution in [0.3, 0.4) is 0 Å². The molecule has 3 aromatic rings. The van der Waals surface area contributed by atoms with Gasteiger partial charge >= 0.3 is 0 Å². The fourth-order valence-electron chi connectivity index (χ4n) is 3.90. The number of carbonyl (C=O) groups is 2. The summed E-state index contributed by atoms with van der Waals surface area (Å²) in [5.41, 5.74) is 1.59. The maximum atomic E-state index is 13.8. The Morgan fingerprint density at radius 1 is 0.895 bits per heavy atom. The van der Waals surface area contributed by atoms with Gasteiger partial charge in [-0.05, 0) is 53.9 Å². The molecule has 0 aliphatic heterocycles. The third-order valence-electron chi connectivity index (χ3n) is 5.94. The van der Waals surface area contributed by atoms with Crippen LogP contribution in [0, 0.1) is 0 Å². The van der Waals surface area contributed by atoms with Crippen LogP contribution in [0.5, 0.6) is 0 Å². The molecule has 2 amide bonds. The monoisotopic (exact) mass is 575 g/mol. The topological polar surface area (TPSA) is 86.8 Å². The second-order valence-electron chi connectivity index (χ2n) is 8.86. The van der Waals surface area contributed by atoms with E-state index in [0.717, 1.165) is 21.9 Å². The lowest BCUT2D eigenvalue weighted by Gasteiger charge is -2.32. The van der Waals surface area contributed by atoms with Crippen molar-refractivity contribution in [3.8, 4) is 0 Å². The van der Waals surface area contributed by atoms with Gasteiger partial charge in [-0.1, -0.05) is 72.6 Å². The highest BCUT2D eigenvalue weighted by atomic mass is 35.5. The van der Waals surface area contributed by atoms with E-state index in [1.54, 1.807) is 18.2 Å². The van der Waals surface area contributed by atoms with E-state index >= 15 is 0 Å². The van der Waals surface area contributed by atoms with Crippen LogP contribution in [0.1, 0.15) is 24.5 Å². The minimum Gasteiger partial charge on any atom is -0.354 e. The van der Waals surface area contributed by atoms with Gasteiger partial charge in [0.25, 0.3) is 0 Å². The molecule has 202 valence electrons. The number of rotatable bonds is 12. The predicted octanol–water partition coefficient (Wildman–Crippen LogP) is 4.78. The Morgan fingerprint density at radius 3 is 2.18 bits per heavy atom. The molecule has 0 radical (unpaired) electrons. The molecule has 1 atom stereocenters. The van der Waals surface area contributed by atoms with Crippen LogP contribution in [0.25, 0.3) is 0 Å². The van der Waals surface area contributed by atoms with Crippen LogP contribution in [0.4, 0.5) is 0 Å². The number of carbonyl (C=O) groups excluding carboxylic acids is 2. The minimum atomic E-state index is -3.98. The van der Waals surface area contributed by atoms with Crippen molar-refractivity contribution >= 4 is 45.0 Å². The zero-order valence-electron chi connectivity index (χ0n) is 21.3. The first-order valence-electron chi connectivity index (χ1n) is 12.2. The summed E-state index contributed by atoms with van der Waals surface area (Å²) < 4.78 is 27.3. The molecule has 38 heavy (non-hydrogen) atoms. The second kappa shape index (κ2) is 13.8. The van der Waals surface area contributed by atoms with Crippen molar-refractivity contribution in [1.29, 1.82) is 0 Å². The third kappa shape index (κ3) is 8.04. The number of benzene rings is 3. The van der Waals surface area contributed by atoms with E-state index in [4.69, 9.17) is 23.2 Å². The molecule has 0 saturated carbocycles. The van der Waals surface area contributed by atoms with E-state index in [-0.39, 0.29) is 23.8 Å². The van der Waals surface area contributed by atoms with Gasteiger partial charge in [0.05, 0.1) is 11.4 Å². The summed E-state index contributed by atoms with van der Waals surface area (Å²) in [6, 6.07) is 21.3. The quantitative estimate of drug-likeness (QED) is 0.336. The van der Waals surface area contributed by atoms with Crippen LogP contribution in [0.2, 0.25) is 10.0 Å². The SMILES string of the molecule is CCCNC(=O)[C@@H](Cc1ccccc1)N(Cc1cccc(Cl)c1)C(=O)CN(C)S(=O)(=O)c1ccc(Cl)cc1. The number of amides is 2. The van der Waals surface area contributed by atoms with Gasteiger partial charge in [0, 0.05) is 36.6 Å². The summed E-state index contributed by atoms with van der Waals surface area (Å²) in [5, 5.41) is 3.79. The molecule has 0 bridgehead atoms. The molecule has 0 saturated heterocycles. The normalized spacial score (nSPS) is 12.2. The summed E-state index contributed by atoms with van der Waals surface area (Å²) in [6.07, 6.45) is 0.991. The van der Waals surface area contributed by atoms with Crippen LogP contribution in [-0.4, -0.2) is 55.6 Å². The molecule has 0 spiro atoms. The van der Waals surface area contributed by atoms with E-state index in [1.807, 2.05) is 43.3 Å². The fraction of sp³-hybridized carbons (Fsp3) is 0.286. The molecule has 0 fully saturated rings. The number of hydrogen-bond acceptors (Lipinski definition) is 4. The van der Waals surface area contributed by atoms with Gasteiger partial charge in [-0.25, -0.2) is 8.42 Å². The van der Waals surface area contributed by atoms with E-state index in [2.05, 4.69) is 5.32 Å². The molecule has 1 N–H and O–H groups in total. The summed E-state index contributed by atoms with van der Waals surface area (Å²) in [4.78, 5) is 28.6. The van der Waals surface area contributed by atoms with Crippen molar-refractivity contribution in [1.82, 2.24) is 14.5 Å². The number of sulfonamides is 1. The molecule has 0 aliphatic carbocycles.